The van der Waals surface area contributed by atoms with Gasteiger partial charge in [-0.2, -0.15) is 0 Å². The van der Waals surface area contributed by atoms with E-state index in [4.69, 9.17) is 3.79 Å². The smallest absolute Gasteiger partial charge is 0.546 e. The maximum atomic E-state index is 5.99. The van der Waals surface area contributed by atoms with Gasteiger partial charge in [0.25, 0.3) is 0 Å². The van der Waals surface area contributed by atoms with E-state index in [0.717, 1.165) is 0 Å². The maximum Gasteiger partial charge on any atom is 0.546 e. The Hall–Kier alpha value is 0.0725. The first-order valence-electron chi connectivity index (χ1n) is 5.22. The fourth-order valence-electron chi connectivity index (χ4n) is 1.59. The highest BCUT2D eigenvalue weighted by Crippen LogP contribution is 2.20. The van der Waals surface area contributed by atoms with E-state index < -0.39 is 14.5 Å². The molecule has 0 aromatic rings. The van der Waals surface area contributed by atoms with Crippen LogP contribution in [-0.4, -0.2) is 14.5 Å². The molecule has 1 aliphatic rings. The van der Waals surface area contributed by atoms with E-state index in [1.165, 1.54) is 42.0 Å². The molecule has 0 heterocycles. The molecule has 0 amide bonds. The van der Waals surface area contributed by atoms with Crippen LogP contribution in [0.25, 0.3) is 0 Å². The first-order valence-corrected chi connectivity index (χ1v) is 7.33. The zero-order valence-corrected chi connectivity index (χ0v) is 9.46. The molecular weight excluding hydrogens is 163 g/mol. The lowest BCUT2D eigenvalue weighted by molar-refractivity contribution is 0.387. The molecule has 0 saturated heterocycles. The Balaban J connectivity index is 2.32. The minimum atomic E-state index is -0.834. The topological polar surface area (TPSA) is 9.23 Å². The molecule has 0 spiro atoms. The van der Waals surface area contributed by atoms with E-state index >= 15 is 0 Å². The van der Waals surface area contributed by atoms with Crippen molar-refractivity contribution in [3.05, 3.63) is 11.8 Å². The summed E-state index contributed by atoms with van der Waals surface area (Å²) >= 11 is -0.834. The van der Waals surface area contributed by atoms with Crippen LogP contribution >= 0.6 is 0 Å². The van der Waals surface area contributed by atoms with Crippen LogP contribution in [0.2, 0.25) is 10.6 Å². The first kappa shape index (κ1) is 10.2. The van der Waals surface area contributed by atoms with Crippen LogP contribution in [0.3, 0.4) is 0 Å². The Morgan fingerprint density at radius 3 is 2.58 bits per heavy atom. The molecule has 1 nitrogen and oxygen atoms in total. The van der Waals surface area contributed by atoms with Gasteiger partial charge in [-0.1, -0.05) is 30.5 Å². The molecule has 2 heteroatoms. The standard InChI is InChI=1S/C6H10O.2C2H5.Al/c7-6-4-2-1-3-5-6;2*1-2;/h4,7H,1-3,5H2;2*1H2,2H3;/q;;;+1/p-1. The van der Waals surface area contributed by atoms with Crippen molar-refractivity contribution in [3.8, 4) is 0 Å². The Morgan fingerprint density at radius 1 is 1.33 bits per heavy atom. The van der Waals surface area contributed by atoms with Gasteiger partial charge in [-0.15, -0.1) is 0 Å². The molecule has 0 atom stereocenters. The third-order valence-corrected chi connectivity index (χ3v) is 4.94. The monoisotopic (exact) mass is 182 g/mol. The average molecular weight is 182 g/mol. The average Bonchev–Trinajstić information content (AvgIpc) is 2.16. The summed E-state index contributed by atoms with van der Waals surface area (Å²) in [6, 6.07) is 0. The Bertz CT molecular complexity index is 150. The molecule has 0 unspecified atom stereocenters. The first-order chi connectivity index (χ1) is 5.86. The van der Waals surface area contributed by atoms with Crippen LogP contribution in [0.4, 0.5) is 0 Å². The molecule has 1 aliphatic carbocycles. The minimum Gasteiger partial charge on any atom is -0.646 e. The van der Waals surface area contributed by atoms with Gasteiger partial charge in [0, 0.05) is 6.42 Å². The van der Waals surface area contributed by atoms with Gasteiger partial charge in [0.1, 0.15) is 0 Å². The number of allylic oxidation sites excluding steroid dienone is 2. The summed E-state index contributed by atoms with van der Waals surface area (Å²) in [5.41, 5.74) is 0. The molecule has 0 bridgehead atoms. The predicted octanol–water partition coefficient (Wildman–Crippen LogP) is 3.49. The lowest BCUT2D eigenvalue weighted by atomic mass is 10.1. The Labute approximate surface area is 80.5 Å². The van der Waals surface area contributed by atoms with E-state index in [-0.39, 0.29) is 0 Å². The Kier molecular flexibility index (Phi) is 4.80. The van der Waals surface area contributed by atoms with Crippen molar-refractivity contribution in [1.82, 2.24) is 0 Å². The lowest BCUT2D eigenvalue weighted by Crippen LogP contribution is -2.15. The van der Waals surface area contributed by atoms with Gasteiger partial charge in [0.2, 0.25) is 0 Å². The molecule has 12 heavy (non-hydrogen) atoms. The summed E-state index contributed by atoms with van der Waals surface area (Å²) in [6.45, 7) is 4.51. The third-order valence-electron chi connectivity index (χ3n) is 2.48. The van der Waals surface area contributed by atoms with Crippen LogP contribution in [-0.2, 0) is 3.79 Å². The van der Waals surface area contributed by atoms with E-state index in [1.54, 1.807) is 0 Å². The summed E-state index contributed by atoms with van der Waals surface area (Å²) in [5, 5.41) is 2.54. The molecule has 0 saturated carbocycles. The van der Waals surface area contributed by atoms with Gasteiger partial charge in [0.05, 0.1) is 5.76 Å². The van der Waals surface area contributed by atoms with Crippen molar-refractivity contribution in [1.29, 1.82) is 0 Å². The van der Waals surface area contributed by atoms with Crippen molar-refractivity contribution in [3.63, 3.8) is 0 Å². The molecule has 0 aromatic heterocycles. The van der Waals surface area contributed by atoms with E-state index in [9.17, 15) is 0 Å². The molecular formula is C10H19AlO. The second-order valence-corrected chi connectivity index (χ2v) is 6.59. The normalized spacial score (nSPS) is 17.0. The zero-order valence-electron chi connectivity index (χ0n) is 8.31. The van der Waals surface area contributed by atoms with E-state index in [0.29, 0.717) is 0 Å². The summed E-state index contributed by atoms with van der Waals surface area (Å²) in [5.74, 6) is 1.31. The minimum absolute atomic E-state index is 0.834. The van der Waals surface area contributed by atoms with Gasteiger partial charge in [-0.3, -0.25) is 0 Å². The number of hydrogen-bond donors (Lipinski definition) is 0. The molecule has 0 fully saturated rings. The SMILES string of the molecule is C[CH2][Al]([CH2]C)[O]C1=CCCCC1. The van der Waals surface area contributed by atoms with Crippen LogP contribution in [0.1, 0.15) is 39.5 Å². The van der Waals surface area contributed by atoms with Crippen molar-refractivity contribution >= 4 is 14.5 Å². The van der Waals surface area contributed by atoms with Gasteiger partial charge < -0.3 is 3.79 Å². The van der Waals surface area contributed by atoms with Gasteiger partial charge in [-0.05, 0) is 19.3 Å². The number of rotatable bonds is 4. The number of hydrogen-bond acceptors (Lipinski definition) is 1. The molecule has 0 radical (unpaired) electrons. The van der Waals surface area contributed by atoms with Crippen molar-refractivity contribution in [2.45, 2.75) is 50.1 Å². The highest BCUT2D eigenvalue weighted by molar-refractivity contribution is 6.51. The Morgan fingerprint density at radius 2 is 2.08 bits per heavy atom. The molecule has 1 rings (SSSR count). The second-order valence-electron chi connectivity index (χ2n) is 3.47. The highest BCUT2D eigenvalue weighted by Gasteiger charge is 2.19. The second kappa shape index (κ2) is 5.67. The van der Waals surface area contributed by atoms with Crippen molar-refractivity contribution < 1.29 is 3.79 Å². The van der Waals surface area contributed by atoms with Crippen LogP contribution < -0.4 is 0 Å². The van der Waals surface area contributed by atoms with E-state index in [1.807, 2.05) is 0 Å². The van der Waals surface area contributed by atoms with Gasteiger partial charge in [0.15, 0.2) is 0 Å². The van der Waals surface area contributed by atoms with Crippen LogP contribution in [0, 0.1) is 0 Å². The van der Waals surface area contributed by atoms with Gasteiger partial charge in [-0.25, -0.2) is 0 Å². The fraction of sp³-hybridized carbons (Fsp3) is 0.800. The molecule has 0 aromatic carbocycles. The maximum absolute atomic E-state index is 5.99. The largest absolute Gasteiger partial charge is 0.646 e. The van der Waals surface area contributed by atoms with Crippen molar-refractivity contribution in [2.24, 2.45) is 0 Å². The quantitative estimate of drug-likeness (QED) is 0.605. The summed E-state index contributed by atoms with van der Waals surface area (Å²) in [6.07, 6.45) is 7.43. The summed E-state index contributed by atoms with van der Waals surface area (Å²) < 4.78 is 5.99. The summed E-state index contributed by atoms with van der Waals surface area (Å²) in [4.78, 5) is 0. The summed E-state index contributed by atoms with van der Waals surface area (Å²) in [7, 11) is 0. The zero-order chi connectivity index (χ0) is 8.81. The van der Waals surface area contributed by atoms with Crippen LogP contribution in [0.15, 0.2) is 11.8 Å². The lowest BCUT2D eigenvalue weighted by Gasteiger charge is -2.19. The van der Waals surface area contributed by atoms with E-state index in [2.05, 4.69) is 19.9 Å². The van der Waals surface area contributed by atoms with Crippen molar-refractivity contribution in [2.75, 3.05) is 0 Å². The van der Waals surface area contributed by atoms with Gasteiger partial charge >= 0.3 is 14.5 Å². The third kappa shape index (κ3) is 3.21. The van der Waals surface area contributed by atoms with Crippen LogP contribution in [0.5, 0.6) is 0 Å². The molecule has 68 valence electrons. The fourth-order valence-corrected chi connectivity index (χ4v) is 3.14. The highest BCUT2D eigenvalue weighted by atomic mass is 27.2. The predicted molar refractivity (Wildman–Crippen MR) is 54.4 cm³/mol. The molecule has 0 N–H and O–H groups in total. The molecule has 0 aliphatic heterocycles.